The lowest BCUT2D eigenvalue weighted by molar-refractivity contribution is 0.349. The largest absolute Gasteiger partial charge is 0.290 e. The minimum atomic E-state index is 0.986. The average Bonchev–Trinajstić information content (AvgIpc) is 2.51. The van der Waals surface area contributed by atoms with Gasteiger partial charge in [-0.3, -0.25) is 4.48 Å². The van der Waals surface area contributed by atoms with Gasteiger partial charge in [-0.15, -0.1) is 0 Å². The maximum atomic E-state index is 3.94. The van der Waals surface area contributed by atoms with Gasteiger partial charge in [0.1, 0.15) is 12.2 Å². The third kappa shape index (κ3) is 6.95. The van der Waals surface area contributed by atoms with E-state index < -0.39 is 0 Å². The third-order valence-corrected chi connectivity index (χ3v) is 4.42. The first-order valence-electron chi connectivity index (χ1n) is 8.74. The summed E-state index contributed by atoms with van der Waals surface area (Å²) in [6, 6.07) is 10.9. The Morgan fingerprint density at radius 2 is 1.48 bits per heavy atom. The number of benzene rings is 1. The number of hydrogen-bond acceptors (Lipinski definition) is 0. The standard InChI is InChI=1S/C20H34N/c1-4-6-7-8-9-10-11-15-19-21(3,18-5-2)20-16-13-12-14-17-20/h5,12-14,16-17H,2,4,6-11,15,18-19H2,1,3H3/q+1. The molecule has 0 saturated heterocycles. The van der Waals surface area contributed by atoms with E-state index in [1.54, 1.807) is 0 Å². The lowest BCUT2D eigenvalue weighted by atomic mass is 10.1. The van der Waals surface area contributed by atoms with Crippen LogP contribution in [-0.4, -0.2) is 20.1 Å². The molecule has 1 aromatic carbocycles. The molecule has 0 aliphatic rings. The van der Waals surface area contributed by atoms with Crippen molar-refractivity contribution >= 4 is 5.69 Å². The number of quaternary nitrogens is 1. The Kier molecular flexibility index (Phi) is 9.09. The monoisotopic (exact) mass is 288 g/mol. The van der Waals surface area contributed by atoms with Gasteiger partial charge in [0.25, 0.3) is 0 Å². The maximum Gasteiger partial charge on any atom is 0.132 e. The molecule has 1 atom stereocenters. The molecule has 1 rings (SSSR count). The molecule has 1 aromatic rings. The molecule has 0 spiro atoms. The fraction of sp³-hybridized carbons (Fsp3) is 0.600. The van der Waals surface area contributed by atoms with E-state index in [0.717, 1.165) is 11.0 Å². The molecule has 0 aliphatic carbocycles. The van der Waals surface area contributed by atoms with Crippen LogP contribution in [0.4, 0.5) is 5.69 Å². The summed E-state index contributed by atoms with van der Waals surface area (Å²) in [7, 11) is 2.33. The summed E-state index contributed by atoms with van der Waals surface area (Å²) < 4.78 is 0.986. The predicted octanol–water partition coefficient (Wildman–Crippen LogP) is 5.95. The SMILES string of the molecule is C=CC[N+](C)(CCCCCCCCCC)c1ccccc1. The summed E-state index contributed by atoms with van der Waals surface area (Å²) in [5.74, 6) is 0. The summed E-state index contributed by atoms with van der Waals surface area (Å²) in [6.45, 7) is 8.45. The van der Waals surface area contributed by atoms with Crippen molar-refractivity contribution in [1.82, 2.24) is 4.48 Å². The van der Waals surface area contributed by atoms with Gasteiger partial charge in [0.15, 0.2) is 0 Å². The van der Waals surface area contributed by atoms with Gasteiger partial charge in [0.2, 0.25) is 0 Å². The van der Waals surface area contributed by atoms with Crippen LogP contribution in [0.15, 0.2) is 43.0 Å². The molecule has 0 N–H and O–H groups in total. The molecule has 0 fully saturated rings. The normalized spacial score (nSPS) is 13.8. The van der Waals surface area contributed by atoms with Crippen LogP contribution in [0.2, 0.25) is 0 Å². The smallest absolute Gasteiger partial charge is 0.132 e. The van der Waals surface area contributed by atoms with E-state index in [0.29, 0.717) is 0 Å². The minimum Gasteiger partial charge on any atom is -0.290 e. The van der Waals surface area contributed by atoms with Crippen LogP contribution in [0.1, 0.15) is 58.3 Å². The second-order valence-corrected chi connectivity index (χ2v) is 6.40. The Labute approximate surface area is 132 Å². The third-order valence-electron chi connectivity index (χ3n) is 4.42. The van der Waals surface area contributed by atoms with E-state index >= 15 is 0 Å². The van der Waals surface area contributed by atoms with Crippen molar-refractivity contribution < 1.29 is 0 Å². The lowest BCUT2D eigenvalue weighted by Gasteiger charge is -2.33. The topological polar surface area (TPSA) is 0 Å². The van der Waals surface area contributed by atoms with Gasteiger partial charge < -0.3 is 0 Å². The molecular formula is C20H34N+. The highest BCUT2D eigenvalue weighted by Crippen LogP contribution is 2.22. The second-order valence-electron chi connectivity index (χ2n) is 6.40. The predicted molar refractivity (Wildman–Crippen MR) is 96.7 cm³/mol. The zero-order valence-corrected chi connectivity index (χ0v) is 14.2. The van der Waals surface area contributed by atoms with Crippen LogP contribution in [0, 0.1) is 0 Å². The number of hydrogen-bond donors (Lipinski definition) is 0. The van der Waals surface area contributed by atoms with Crippen LogP contribution in [-0.2, 0) is 0 Å². The fourth-order valence-electron chi connectivity index (χ4n) is 2.99. The Hall–Kier alpha value is -1.08. The second kappa shape index (κ2) is 10.6. The molecule has 0 radical (unpaired) electrons. The van der Waals surface area contributed by atoms with Crippen LogP contribution in [0.3, 0.4) is 0 Å². The first kappa shape index (κ1) is 18.0. The molecule has 0 heterocycles. The van der Waals surface area contributed by atoms with Crippen LogP contribution < -0.4 is 4.48 Å². The van der Waals surface area contributed by atoms with Gasteiger partial charge in [0, 0.05) is 0 Å². The highest BCUT2D eigenvalue weighted by atomic mass is 15.3. The molecule has 0 aliphatic heterocycles. The summed E-state index contributed by atoms with van der Waals surface area (Å²) >= 11 is 0. The maximum absolute atomic E-state index is 3.94. The van der Waals surface area contributed by atoms with Crippen molar-refractivity contribution in [2.24, 2.45) is 0 Å². The Bertz CT molecular complexity index is 371. The fourth-order valence-corrected chi connectivity index (χ4v) is 2.99. The molecule has 21 heavy (non-hydrogen) atoms. The molecule has 0 saturated carbocycles. The Balaban J connectivity index is 2.30. The van der Waals surface area contributed by atoms with E-state index in [1.807, 2.05) is 0 Å². The molecule has 0 amide bonds. The highest BCUT2D eigenvalue weighted by molar-refractivity contribution is 5.42. The first-order chi connectivity index (χ1) is 10.2. The van der Waals surface area contributed by atoms with E-state index in [1.165, 1.54) is 63.6 Å². The van der Waals surface area contributed by atoms with Crippen molar-refractivity contribution in [3.05, 3.63) is 43.0 Å². The summed E-state index contributed by atoms with van der Waals surface area (Å²) in [6.07, 6.45) is 13.1. The molecule has 0 bridgehead atoms. The Morgan fingerprint density at radius 3 is 2.05 bits per heavy atom. The van der Waals surface area contributed by atoms with Crippen molar-refractivity contribution in [3.8, 4) is 0 Å². The Morgan fingerprint density at radius 1 is 0.905 bits per heavy atom. The number of nitrogens with zero attached hydrogens (tertiary/aromatic N) is 1. The van der Waals surface area contributed by atoms with Gasteiger partial charge in [0.05, 0.1) is 13.6 Å². The van der Waals surface area contributed by atoms with E-state index in [9.17, 15) is 0 Å². The van der Waals surface area contributed by atoms with Crippen molar-refractivity contribution in [2.75, 3.05) is 20.1 Å². The van der Waals surface area contributed by atoms with E-state index in [-0.39, 0.29) is 0 Å². The first-order valence-corrected chi connectivity index (χ1v) is 8.74. The van der Waals surface area contributed by atoms with Gasteiger partial charge in [-0.25, -0.2) is 0 Å². The molecule has 118 valence electrons. The molecule has 1 unspecified atom stereocenters. The van der Waals surface area contributed by atoms with Crippen molar-refractivity contribution in [2.45, 2.75) is 58.3 Å². The quantitative estimate of drug-likeness (QED) is 0.253. The van der Waals surface area contributed by atoms with Gasteiger partial charge in [-0.1, -0.05) is 70.2 Å². The zero-order chi connectivity index (χ0) is 15.4. The molecular weight excluding hydrogens is 254 g/mol. The van der Waals surface area contributed by atoms with Gasteiger partial charge >= 0.3 is 0 Å². The minimum absolute atomic E-state index is 0.986. The number of unbranched alkanes of at least 4 members (excludes halogenated alkanes) is 7. The number of para-hydroxylation sites is 1. The van der Waals surface area contributed by atoms with E-state index in [2.05, 4.69) is 57.0 Å². The summed E-state index contributed by atoms with van der Waals surface area (Å²) in [4.78, 5) is 0. The molecule has 1 nitrogen and oxygen atoms in total. The average molecular weight is 288 g/mol. The lowest BCUT2D eigenvalue weighted by Crippen LogP contribution is -2.46. The van der Waals surface area contributed by atoms with Gasteiger partial charge in [-0.2, -0.15) is 0 Å². The van der Waals surface area contributed by atoms with Crippen LogP contribution in [0.25, 0.3) is 0 Å². The van der Waals surface area contributed by atoms with Crippen LogP contribution in [0.5, 0.6) is 0 Å². The summed E-state index contributed by atoms with van der Waals surface area (Å²) in [5, 5.41) is 0. The van der Waals surface area contributed by atoms with Crippen molar-refractivity contribution in [3.63, 3.8) is 0 Å². The van der Waals surface area contributed by atoms with E-state index in [4.69, 9.17) is 0 Å². The zero-order valence-electron chi connectivity index (χ0n) is 14.2. The number of likely N-dealkylation sites (N-methyl/N-ethyl adjacent to an activating group) is 1. The highest BCUT2D eigenvalue weighted by Gasteiger charge is 2.22. The number of rotatable bonds is 12. The molecule has 0 aromatic heterocycles. The van der Waals surface area contributed by atoms with Crippen LogP contribution >= 0.6 is 0 Å². The van der Waals surface area contributed by atoms with Gasteiger partial charge in [-0.05, 0) is 31.1 Å². The summed E-state index contributed by atoms with van der Waals surface area (Å²) in [5.41, 5.74) is 1.40. The van der Waals surface area contributed by atoms with Crippen molar-refractivity contribution in [1.29, 1.82) is 0 Å². The molecule has 1 heteroatoms.